The van der Waals surface area contributed by atoms with Gasteiger partial charge in [-0.15, -0.1) is 0 Å². The minimum absolute atomic E-state index is 0.0527. The SMILES string of the molecule is O=C(COC(=O)CCn1ncc(=O)c2ccccc21)NCCc1ccccc1. The Kier molecular flexibility index (Phi) is 6.51. The molecule has 7 nitrogen and oxygen atoms in total. The van der Waals surface area contributed by atoms with Gasteiger partial charge in [-0.05, 0) is 24.1 Å². The highest BCUT2D eigenvalue weighted by atomic mass is 16.5. The lowest BCUT2D eigenvalue weighted by Crippen LogP contribution is -2.30. The van der Waals surface area contributed by atoms with Crippen molar-refractivity contribution >= 4 is 22.8 Å². The zero-order chi connectivity index (χ0) is 19.8. The molecule has 3 aromatic rings. The first-order chi connectivity index (χ1) is 13.6. The number of ether oxygens (including phenoxy) is 1. The first kappa shape index (κ1) is 19.3. The van der Waals surface area contributed by atoms with Gasteiger partial charge in [-0.25, -0.2) is 0 Å². The van der Waals surface area contributed by atoms with E-state index in [0.717, 1.165) is 5.56 Å². The van der Waals surface area contributed by atoms with Gasteiger partial charge < -0.3 is 10.1 Å². The van der Waals surface area contributed by atoms with Crippen LogP contribution in [-0.4, -0.2) is 34.8 Å². The quantitative estimate of drug-likeness (QED) is 0.602. The van der Waals surface area contributed by atoms with Gasteiger partial charge in [0.05, 0.1) is 24.7 Å². The molecule has 1 aromatic heterocycles. The highest BCUT2D eigenvalue weighted by Crippen LogP contribution is 2.08. The van der Waals surface area contributed by atoms with Crippen molar-refractivity contribution in [1.29, 1.82) is 0 Å². The maximum atomic E-state index is 11.9. The Morgan fingerprint density at radius 1 is 1.04 bits per heavy atom. The number of para-hydroxylation sites is 1. The number of carbonyl (C=O) groups excluding carboxylic acids is 2. The molecule has 2 aromatic carbocycles. The van der Waals surface area contributed by atoms with E-state index in [1.807, 2.05) is 30.3 Å². The number of amides is 1. The standard InChI is InChI=1S/C21H21N3O4/c25-19-14-23-24(18-9-5-4-8-17(18)19)13-11-21(27)28-15-20(26)22-12-10-16-6-2-1-3-7-16/h1-9,14H,10-13,15H2,(H,22,26). The Morgan fingerprint density at radius 2 is 1.79 bits per heavy atom. The Bertz CT molecular complexity index is 1010. The third kappa shape index (κ3) is 5.26. The number of aromatic nitrogens is 2. The van der Waals surface area contributed by atoms with E-state index in [2.05, 4.69) is 10.4 Å². The van der Waals surface area contributed by atoms with E-state index in [-0.39, 0.29) is 30.9 Å². The number of benzene rings is 2. The molecule has 7 heteroatoms. The van der Waals surface area contributed by atoms with Crippen molar-refractivity contribution in [2.24, 2.45) is 0 Å². The molecule has 0 aliphatic carbocycles. The predicted octanol–water partition coefficient (Wildman–Crippen LogP) is 1.69. The fraction of sp³-hybridized carbons (Fsp3) is 0.238. The molecule has 0 radical (unpaired) electrons. The van der Waals surface area contributed by atoms with Gasteiger partial charge in [-0.2, -0.15) is 5.10 Å². The summed E-state index contributed by atoms with van der Waals surface area (Å²) >= 11 is 0. The van der Waals surface area contributed by atoms with Gasteiger partial charge in [0.2, 0.25) is 5.43 Å². The van der Waals surface area contributed by atoms with E-state index >= 15 is 0 Å². The minimum atomic E-state index is -0.497. The summed E-state index contributed by atoms with van der Waals surface area (Å²) < 4.78 is 6.59. The maximum absolute atomic E-state index is 11.9. The first-order valence-corrected chi connectivity index (χ1v) is 9.04. The number of nitrogens with zero attached hydrogens (tertiary/aromatic N) is 2. The van der Waals surface area contributed by atoms with Crippen molar-refractivity contribution in [2.75, 3.05) is 13.2 Å². The summed E-state index contributed by atoms with van der Waals surface area (Å²) in [6.07, 6.45) is 2.00. The van der Waals surface area contributed by atoms with Gasteiger partial charge in [0.25, 0.3) is 5.91 Å². The first-order valence-electron chi connectivity index (χ1n) is 9.04. The summed E-state index contributed by atoms with van der Waals surface area (Å²) in [5.41, 5.74) is 1.61. The Labute approximate surface area is 161 Å². The van der Waals surface area contributed by atoms with Gasteiger partial charge in [0.15, 0.2) is 6.61 Å². The molecule has 0 bridgehead atoms. The second-order valence-corrected chi connectivity index (χ2v) is 6.25. The zero-order valence-electron chi connectivity index (χ0n) is 15.3. The van der Waals surface area contributed by atoms with Crippen LogP contribution >= 0.6 is 0 Å². The summed E-state index contributed by atoms with van der Waals surface area (Å²) in [5.74, 6) is -0.834. The van der Waals surface area contributed by atoms with E-state index in [1.165, 1.54) is 6.20 Å². The van der Waals surface area contributed by atoms with Gasteiger partial charge in [-0.1, -0.05) is 42.5 Å². The summed E-state index contributed by atoms with van der Waals surface area (Å²) in [7, 11) is 0. The monoisotopic (exact) mass is 379 g/mol. The molecule has 0 aliphatic rings. The Morgan fingerprint density at radius 3 is 2.61 bits per heavy atom. The van der Waals surface area contributed by atoms with Crippen molar-refractivity contribution in [2.45, 2.75) is 19.4 Å². The lowest BCUT2D eigenvalue weighted by atomic mass is 10.1. The van der Waals surface area contributed by atoms with E-state index in [4.69, 9.17) is 4.74 Å². The molecule has 0 atom stereocenters. The van der Waals surface area contributed by atoms with Crippen LogP contribution in [0.15, 0.2) is 65.6 Å². The third-order valence-electron chi connectivity index (χ3n) is 4.23. The molecule has 3 rings (SSSR count). The Hall–Kier alpha value is -3.48. The molecule has 28 heavy (non-hydrogen) atoms. The number of esters is 1. The van der Waals surface area contributed by atoms with Crippen molar-refractivity contribution in [3.05, 3.63) is 76.6 Å². The number of carbonyl (C=O) groups is 2. The number of rotatable bonds is 8. The van der Waals surface area contributed by atoms with Crippen LogP contribution in [0.25, 0.3) is 10.9 Å². The molecular weight excluding hydrogens is 358 g/mol. The molecule has 0 fully saturated rings. The fourth-order valence-electron chi connectivity index (χ4n) is 2.80. The normalized spacial score (nSPS) is 10.6. The minimum Gasteiger partial charge on any atom is -0.456 e. The smallest absolute Gasteiger partial charge is 0.308 e. The van der Waals surface area contributed by atoms with E-state index in [0.29, 0.717) is 23.9 Å². The predicted molar refractivity (Wildman–Crippen MR) is 105 cm³/mol. The summed E-state index contributed by atoms with van der Waals surface area (Å²) in [4.78, 5) is 35.5. The third-order valence-corrected chi connectivity index (χ3v) is 4.23. The van der Waals surface area contributed by atoms with Crippen LogP contribution in [0, 0.1) is 0 Å². The highest BCUT2D eigenvalue weighted by molar-refractivity contribution is 5.81. The maximum Gasteiger partial charge on any atom is 0.308 e. The fourth-order valence-corrected chi connectivity index (χ4v) is 2.80. The molecule has 1 amide bonds. The lowest BCUT2D eigenvalue weighted by Gasteiger charge is -2.09. The molecule has 0 saturated heterocycles. The number of hydrogen-bond acceptors (Lipinski definition) is 5. The van der Waals surface area contributed by atoms with Gasteiger partial charge >= 0.3 is 5.97 Å². The summed E-state index contributed by atoms with van der Waals surface area (Å²) in [6, 6.07) is 16.9. The average Bonchev–Trinajstić information content (AvgIpc) is 2.73. The van der Waals surface area contributed by atoms with Gasteiger partial charge in [0, 0.05) is 11.9 Å². The molecule has 0 unspecified atom stereocenters. The molecule has 0 spiro atoms. The molecule has 1 heterocycles. The second kappa shape index (κ2) is 9.45. The molecule has 1 N–H and O–H groups in total. The van der Waals surface area contributed by atoms with Gasteiger partial charge in [0.1, 0.15) is 0 Å². The largest absolute Gasteiger partial charge is 0.456 e. The van der Waals surface area contributed by atoms with Crippen LogP contribution in [0.3, 0.4) is 0 Å². The van der Waals surface area contributed by atoms with Crippen LogP contribution in [0.4, 0.5) is 0 Å². The van der Waals surface area contributed by atoms with Crippen LogP contribution in [0.5, 0.6) is 0 Å². The van der Waals surface area contributed by atoms with E-state index in [1.54, 1.807) is 28.9 Å². The van der Waals surface area contributed by atoms with Crippen molar-refractivity contribution in [3.8, 4) is 0 Å². The highest BCUT2D eigenvalue weighted by Gasteiger charge is 2.09. The lowest BCUT2D eigenvalue weighted by molar-refractivity contribution is -0.148. The number of hydrogen-bond donors (Lipinski definition) is 1. The van der Waals surface area contributed by atoms with Crippen LogP contribution in [0.1, 0.15) is 12.0 Å². The second-order valence-electron chi connectivity index (χ2n) is 6.25. The van der Waals surface area contributed by atoms with E-state index in [9.17, 15) is 14.4 Å². The molecule has 0 aliphatic heterocycles. The van der Waals surface area contributed by atoms with Crippen molar-refractivity contribution < 1.29 is 14.3 Å². The topological polar surface area (TPSA) is 90.3 Å². The summed E-state index contributed by atoms with van der Waals surface area (Å²) in [6.45, 7) is 0.426. The molecule has 0 saturated carbocycles. The molecular formula is C21H21N3O4. The number of fused-ring (bicyclic) bond motifs is 1. The number of nitrogens with one attached hydrogen (secondary N) is 1. The van der Waals surface area contributed by atoms with Crippen LogP contribution in [-0.2, 0) is 27.3 Å². The van der Waals surface area contributed by atoms with E-state index < -0.39 is 5.97 Å². The van der Waals surface area contributed by atoms with Crippen LogP contribution < -0.4 is 10.7 Å². The average molecular weight is 379 g/mol. The summed E-state index contributed by atoms with van der Waals surface area (Å²) in [5, 5.41) is 7.33. The number of aryl methyl sites for hydroxylation is 1. The van der Waals surface area contributed by atoms with Crippen LogP contribution in [0.2, 0.25) is 0 Å². The van der Waals surface area contributed by atoms with Crippen molar-refractivity contribution in [3.63, 3.8) is 0 Å². The Balaban J connectivity index is 1.42. The molecule has 144 valence electrons. The van der Waals surface area contributed by atoms with Crippen molar-refractivity contribution in [1.82, 2.24) is 15.1 Å². The zero-order valence-corrected chi connectivity index (χ0v) is 15.3. The van der Waals surface area contributed by atoms with Gasteiger partial charge in [-0.3, -0.25) is 19.1 Å².